The van der Waals surface area contributed by atoms with Gasteiger partial charge in [0.15, 0.2) is 0 Å². The van der Waals surface area contributed by atoms with Gasteiger partial charge >= 0.3 is 5.97 Å². The third kappa shape index (κ3) is 4.26. The largest absolute Gasteiger partial charge is 0.481 e. The van der Waals surface area contributed by atoms with Crippen molar-refractivity contribution in [2.45, 2.75) is 44.9 Å². The minimum Gasteiger partial charge on any atom is -0.481 e. The number of likely N-dealkylation sites (tertiary alicyclic amines) is 1. The number of amides is 2. The molecule has 142 valence electrons. The van der Waals surface area contributed by atoms with E-state index < -0.39 is 11.9 Å². The van der Waals surface area contributed by atoms with Crippen molar-refractivity contribution >= 4 is 29.1 Å². The van der Waals surface area contributed by atoms with Gasteiger partial charge in [0.2, 0.25) is 5.91 Å². The van der Waals surface area contributed by atoms with Crippen LogP contribution in [-0.2, 0) is 22.4 Å². The van der Waals surface area contributed by atoms with E-state index in [4.69, 9.17) is 5.11 Å². The Bertz CT molecular complexity index is 676. The molecule has 1 aromatic heterocycles. The summed E-state index contributed by atoms with van der Waals surface area (Å²) in [5.74, 6) is -1.65. The van der Waals surface area contributed by atoms with Gasteiger partial charge in [-0.2, -0.15) is 0 Å². The van der Waals surface area contributed by atoms with Crippen LogP contribution in [0, 0.1) is 5.92 Å². The van der Waals surface area contributed by atoms with E-state index in [9.17, 15) is 14.4 Å². The zero-order valence-electron chi connectivity index (χ0n) is 15.2. The van der Waals surface area contributed by atoms with Crippen molar-refractivity contribution in [2.75, 3.05) is 26.7 Å². The number of piperidine rings is 1. The lowest BCUT2D eigenvalue weighted by Gasteiger charge is -2.32. The van der Waals surface area contributed by atoms with Crippen LogP contribution >= 0.6 is 11.3 Å². The van der Waals surface area contributed by atoms with Crippen LogP contribution in [0.15, 0.2) is 6.07 Å². The van der Waals surface area contributed by atoms with Crippen LogP contribution in [0.25, 0.3) is 0 Å². The summed E-state index contributed by atoms with van der Waals surface area (Å²) in [5, 5.41) is 9.16. The van der Waals surface area contributed by atoms with E-state index in [0.29, 0.717) is 24.3 Å². The van der Waals surface area contributed by atoms with E-state index in [1.54, 1.807) is 23.3 Å². The van der Waals surface area contributed by atoms with Crippen molar-refractivity contribution in [1.82, 2.24) is 9.80 Å². The number of carboxylic acids is 1. The summed E-state index contributed by atoms with van der Waals surface area (Å²) in [4.78, 5) is 41.4. The van der Waals surface area contributed by atoms with Gasteiger partial charge in [0, 0.05) is 25.0 Å². The molecule has 1 aliphatic carbocycles. The third-order valence-corrected chi connectivity index (χ3v) is 6.52. The number of carbonyl (C=O) groups is 3. The molecule has 0 radical (unpaired) electrons. The van der Waals surface area contributed by atoms with Gasteiger partial charge in [-0.3, -0.25) is 14.4 Å². The summed E-state index contributed by atoms with van der Waals surface area (Å²) in [6, 6.07) is 2.00. The average Bonchev–Trinajstić information content (AvgIpc) is 2.91. The highest BCUT2D eigenvalue weighted by atomic mass is 32.1. The van der Waals surface area contributed by atoms with Crippen LogP contribution in [0.2, 0.25) is 0 Å². The maximum absolute atomic E-state index is 12.7. The minimum absolute atomic E-state index is 0.00621. The zero-order chi connectivity index (χ0) is 18.7. The van der Waals surface area contributed by atoms with Gasteiger partial charge < -0.3 is 14.9 Å². The third-order valence-electron chi connectivity index (χ3n) is 5.30. The molecule has 0 bridgehead atoms. The van der Waals surface area contributed by atoms with E-state index in [0.717, 1.165) is 12.8 Å². The molecule has 2 heterocycles. The van der Waals surface area contributed by atoms with Crippen LogP contribution < -0.4 is 0 Å². The van der Waals surface area contributed by atoms with Crippen LogP contribution in [0.3, 0.4) is 0 Å². The molecule has 2 aliphatic rings. The number of thiophene rings is 1. The summed E-state index contributed by atoms with van der Waals surface area (Å²) in [6.07, 6.45) is 6.96. The molecule has 26 heavy (non-hydrogen) atoms. The Morgan fingerprint density at radius 1 is 1.23 bits per heavy atom. The van der Waals surface area contributed by atoms with Gasteiger partial charge in [-0.25, -0.2) is 0 Å². The molecule has 1 aliphatic heterocycles. The molecule has 3 rings (SSSR count). The maximum atomic E-state index is 12.7. The van der Waals surface area contributed by atoms with Crippen molar-refractivity contribution in [1.29, 1.82) is 0 Å². The molecule has 2 amide bonds. The number of hydrogen-bond donors (Lipinski definition) is 1. The zero-order valence-corrected chi connectivity index (χ0v) is 16.0. The van der Waals surface area contributed by atoms with Crippen LogP contribution in [0.1, 0.15) is 52.2 Å². The highest BCUT2D eigenvalue weighted by molar-refractivity contribution is 7.14. The van der Waals surface area contributed by atoms with Gasteiger partial charge in [-0.1, -0.05) is 6.42 Å². The Balaban J connectivity index is 1.60. The quantitative estimate of drug-likeness (QED) is 0.816. The number of nitrogens with zero attached hydrogens (tertiary/aromatic N) is 2. The summed E-state index contributed by atoms with van der Waals surface area (Å²) in [5.41, 5.74) is 1.29. The minimum atomic E-state index is -0.855. The molecule has 1 N–H and O–H groups in total. The fourth-order valence-corrected chi connectivity index (χ4v) is 4.99. The second kappa shape index (κ2) is 8.20. The van der Waals surface area contributed by atoms with Crippen molar-refractivity contribution in [3.8, 4) is 0 Å². The first-order valence-corrected chi connectivity index (χ1v) is 10.1. The van der Waals surface area contributed by atoms with Crippen molar-refractivity contribution in [3.63, 3.8) is 0 Å². The first-order chi connectivity index (χ1) is 12.5. The van der Waals surface area contributed by atoms with Crippen molar-refractivity contribution < 1.29 is 19.5 Å². The van der Waals surface area contributed by atoms with Crippen molar-refractivity contribution in [3.05, 3.63) is 21.4 Å². The molecule has 0 aromatic carbocycles. The second-order valence-electron chi connectivity index (χ2n) is 7.30. The average molecular weight is 378 g/mol. The number of carboxylic acid groups (broad SMARTS) is 1. The number of hydrogen-bond acceptors (Lipinski definition) is 4. The molecule has 0 spiro atoms. The van der Waals surface area contributed by atoms with Gasteiger partial charge in [0.25, 0.3) is 5.91 Å². The first-order valence-electron chi connectivity index (χ1n) is 9.33. The molecular weight excluding hydrogens is 352 g/mol. The topological polar surface area (TPSA) is 77.9 Å². The molecule has 1 unspecified atom stereocenters. The van der Waals surface area contributed by atoms with Crippen LogP contribution in [-0.4, -0.2) is 59.4 Å². The predicted octanol–water partition coefficient (Wildman–Crippen LogP) is 2.41. The monoisotopic (exact) mass is 378 g/mol. The van der Waals surface area contributed by atoms with Crippen LogP contribution in [0.5, 0.6) is 0 Å². The molecule has 6 nitrogen and oxygen atoms in total. The highest BCUT2D eigenvalue weighted by Gasteiger charge is 2.29. The van der Waals surface area contributed by atoms with Crippen LogP contribution in [0.4, 0.5) is 0 Å². The van der Waals surface area contributed by atoms with E-state index in [1.807, 2.05) is 6.07 Å². The standard InChI is InChI=1S/C19H26N2O4S/c1-20(12-17(22)21-9-5-7-14(11-21)19(24)25)18(23)16-10-13-6-3-2-4-8-15(13)26-16/h10,14H,2-9,11-12H2,1H3,(H,24,25). The predicted molar refractivity (Wildman–Crippen MR) is 99.5 cm³/mol. The number of aliphatic carboxylic acids is 1. The van der Waals surface area contributed by atoms with Gasteiger partial charge in [-0.15, -0.1) is 11.3 Å². The lowest BCUT2D eigenvalue weighted by atomic mass is 9.98. The normalized spacial score (nSPS) is 20.2. The number of aryl methyl sites for hydroxylation is 2. The molecule has 1 saturated heterocycles. The van der Waals surface area contributed by atoms with E-state index >= 15 is 0 Å². The molecule has 1 fully saturated rings. The SMILES string of the molecule is CN(CC(=O)N1CCCC(C(=O)O)C1)C(=O)c1cc2c(s1)CCCCC2. The number of fused-ring (bicyclic) bond motifs is 1. The summed E-state index contributed by atoms with van der Waals surface area (Å²) >= 11 is 1.56. The maximum Gasteiger partial charge on any atom is 0.308 e. The Morgan fingerprint density at radius 2 is 2.00 bits per heavy atom. The fraction of sp³-hybridized carbons (Fsp3) is 0.632. The fourth-order valence-electron chi connectivity index (χ4n) is 3.74. The molecule has 7 heteroatoms. The van der Waals surface area contributed by atoms with Gasteiger partial charge in [0.05, 0.1) is 17.3 Å². The number of rotatable bonds is 4. The lowest BCUT2D eigenvalue weighted by Crippen LogP contribution is -2.46. The molecule has 1 atom stereocenters. The Hall–Kier alpha value is -1.89. The Kier molecular flexibility index (Phi) is 5.96. The smallest absolute Gasteiger partial charge is 0.308 e. The van der Waals surface area contributed by atoms with Gasteiger partial charge in [-0.05, 0) is 50.2 Å². The first kappa shape index (κ1) is 18.9. The Labute approximate surface area is 157 Å². The van der Waals surface area contributed by atoms with Crippen molar-refractivity contribution in [2.24, 2.45) is 5.92 Å². The Morgan fingerprint density at radius 3 is 2.77 bits per heavy atom. The highest BCUT2D eigenvalue weighted by Crippen LogP contribution is 2.29. The number of carbonyl (C=O) groups excluding carboxylic acids is 2. The molecule has 0 saturated carbocycles. The lowest BCUT2D eigenvalue weighted by molar-refractivity contribution is -0.145. The molecule has 1 aromatic rings. The second-order valence-corrected chi connectivity index (χ2v) is 8.43. The van der Waals surface area contributed by atoms with E-state index in [-0.39, 0.29) is 24.9 Å². The van der Waals surface area contributed by atoms with Gasteiger partial charge in [0.1, 0.15) is 0 Å². The molecular formula is C19H26N2O4S. The summed E-state index contributed by atoms with van der Waals surface area (Å²) in [7, 11) is 1.64. The van der Waals surface area contributed by atoms with E-state index in [1.165, 1.54) is 34.6 Å². The number of likely N-dealkylation sites (N-methyl/N-ethyl adjacent to an activating group) is 1. The summed E-state index contributed by atoms with van der Waals surface area (Å²) in [6.45, 7) is 0.801. The van der Waals surface area contributed by atoms with E-state index in [2.05, 4.69) is 0 Å². The summed E-state index contributed by atoms with van der Waals surface area (Å²) < 4.78 is 0.